The highest BCUT2D eigenvalue weighted by Gasteiger charge is 2.51. The molecule has 45 heavy (non-hydrogen) atoms. The average molecular weight is 613 g/mol. The van der Waals surface area contributed by atoms with Crippen LogP contribution in [0.3, 0.4) is 0 Å². The Bertz CT molecular complexity index is 1770. The van der Waals surface area contributed by atoms with Crippen molar-refractivity contribution in [2.75, 3.05) is 6.54 Å². The van der Waals surface area contributed by atoms with Crippen LogP contribution in [0.25, 0.3) is 0 Å². The molecule has 1 fully saturated rings. The van der Waals surface area contributed by atoms with Crippen LogP contribution in [0, 0.1) is 32.1 Å². The molecule has 1 heterocycles. The number of carbonyl (C=O) groups is 5. The molecule has 14 nitrogen and oxygen atoms in total. The Hall–Kier alpha value is -6.05. The summed E-state index contributed by atoms with van der Waals surface area (Å²) in [6.07, 6.45) is 2.50. The zero-order valence-corrected chi connectivity index (χ0v) is 23.7. The van der Waals surface area contributed by atoms with E-state index < -0.39 is 57.7 Å². The second-order valence-electron chi connectivity index (χ2n) is 10.5. The van der Waals surface area contributed by atoms with Gasteiger partial charge in [0, 0.05) is 35.4 Å². The molecule has 1 aliphatic carbocycles. The molecule has 0 radical (unpaired) electrons. The summed E-state index contributed by atoms with van der Waals surface area (Å²) in [4.78, 5) is 87.0. The van der Waals surface area contributed by atoms with E-state index in [2.05, 4.69) is 0 Å². The molecule has 0 spiro atoms. The summed E-state index contributed by atoms with van der Waals surface area (Å²) < 4.78 is 5.28. The van der Waals surface area contributed by atoms with Crippen LogP contribution in [0.15, 0.2) is 84.4 Å². The first-order chi connectivity index (χ1) is 21.4. The van der Waals surface area contributed by atoms with Gasteiger partial charge in [-0.1, -0.05) is 11.6 Å². The molecule has 0 bridgehead atoms. The van der Waals surface area contributed by atoms with E-state index in [0.29, 0.717) is 17.9 Å². The van der Waals surface area contributed by atoms with Gasteiger partial charge in [0.1, 0.15) is 12.3 Å². The molecule has 1 aliphatic heterocycles. The maximum absolute atomic E-state index is 13.7. The van der Waals surface area contributed by atoms with Gasteiger partial charge in [0.25, 0.3) is 29.1 Å². The number of imide groups is 1. The van der Waals surface area contributed by atoms with Gasteiger partial charge in [-0.15, -0.1) is 0 Å². The summed E-state index contributed by atoms with van der Waals surface area (Å²) >= 11 is 0. The molecule has 14 heteroatoms. The minimum atomic E-state index is -0.878. The van der Waals surface area contributed by atoms with Crippen molar-refractivity contribution in [3.8, 4) is 5.75 Å². The summed E-state index contributed by atoms with van der Waals surface area (Å²) in [6.45, 7) is 1.13. The largest absolute Gasteiger partial charge is 0.423 e. The fourth-order valence-corrected chi connectivity index (χ4v) is 5.19. The first-order valence-electron chi connectivity index (χ1n) is 13.6. The molecular formula is C31H24N4O10. The Morgan fingerprint density at radius 1 is 0.800 bits per heavy atom. The minimum absolute atomic E-state index is 0.0607. The molecule has 2 atom stereocenters. The van der Waals surface area contributed by atoms with Crippen LogP contribution in [-0.2, 0) is 9.59 Å². The third-order valence-electron chi connectivity index (χ3n) is 7.59. The number of carbonyl (C=O) groups excluding carboxylic acids is 5. The second-order valence-corrected chi connectivity index (χ2v) is 10.5. The number of amides is 3. The van der Waals surface area contributed by atoms with Crippen molar-refractivity contribution in [3.63, 3.8) is 0 Å². The number of hydrazine groups is 1. The van der Waals surface area contributed by atoms with Crippen LogP contribution in [0.5, 0.6) is 5.75 Å². The van der Waals surface area contributed by atoms with E-state index in [-0.39, 0.29) is 33.8 Å². The van der Waals surface area contributed by atoms with Crippen LogP contribution in [0.1, 0.15) is 50.8 Å². The fraction of sp³-hybridized carbons (Fsp3) is 0.194. The normalized spacial score (nSPS) is 17.3. The van der Waals surface area contributed by atoms with Crippen molar-refractivity contribution < 1.29 is 38.6 Å². The molecule has 0 aromatic heterocycles. The number of benzene rings is 3. The maximum atomic E-state index is 13.7. The van der Waals surface area contributed by atoms with Gasteiger partial charge < -0.3 is 4.74 Å². The van der Waals surface area contributed by atoms with Crippen molar-refractivity contribution >= 4 is 40.8 Å². The van der Waals surface area contributed by atoms with Crippen molar-refractivity contribution in [2.45, 2.75) is 19.8 Å². The molecule has 228 valence electrons. The van der Waals surface area contributed by atoms with Crippen molar-refractivity contribution in [3.05, 3.63) is 121 Å². The number of rotatable bonds is 9. The number of allylic oxidation sites excluding steroid dienone is 2. The second kappa shape index (κ2) is 12.3. The number of non-ortho nitro benzene ring substituents is 2. The fourth-order valence-electron chi connectivity index (χ4n) is 5.19. The van der Waals surface area contributed by atoms with Crippen LogP contribution in [0.2, 0.25) is 0 Å². The third kappa shape index (κ3) is 6.20. The zero-order chi connectivity index (χ0) is 32.4. The van der Waals surface area contributed by atoms with E-state index in [0.717, 1.165) is 34.8 Å². The summed E-state index contributed by atoms with van der Waals surface area (Å²) in [5, 5.41) is 23.4. The lowest BCUT2D eigenvalue weighted by atomic mass is 9.82. The molecular weight excluding hydrogens is 588 g/mol. The summed E-state index contributed by atoms with van der Waals surface area (Å²) in [5.74, 6) is -4.87. The predicted octanol–water partition coefficient (Wildman–Crippen LogP) is 4.30. The first-order valence-corrected chi connectivity index (χ1v) is 13.6. The van der Waals surface area contributed by atoms with Gasteiger partial charge in [-0.2, -0.15) is 5.01 Å². The summed E-state index contributed by atoms with van der Waals surface area (Å²) in [7, 11) is 0. The van der Waals surface area contributed by atoms with Crippen molar-refractivity contribution in [1.82, 2.24) is 10.0 Å². The van der Waals surface area contributed by atoms with E-state index in [1.807, 2.05) is 13.0 Å². The number of hydrogen-bond donors (Lipinski definition) is 0. The Balaban J connectivity index is 1.36. The molecule has 3 aromatic carbocycles. The highest BCUT2D eigenvalue weighted by Crippen LogP contribution is 2.38. The lowest BCUT2D eigenvalue weighted by Gasteiger charge is -2.30. The number of hydrogen-bond acceptors (Lipinski definition) is 10. The number of nitro benzene ring substituents is 2. The van der Waals surface area contributed by atoms with Gasteiger partial charge >= 0.3 is 5.97 Å². The van der Waals surface area contributed by atoms with Gasteiger partial charge in [-0.3, -0.25) is 39.4 Å². The number of fused-ring (bicyclic) bond motifs is 1. The topological polar surface area (TPSA) is 187 Å². The number of ether oxygens (including phenoxy) is 1. The smallest absolute Gasteiger partial charge is 0.343 e. The lowest BCUT2D eigenvalue weighted by Crippen LogP contribution is -2.52. The van der Waals surface area contributed by atoms with Crippen molar-refractivity contribution in [1.29, 1.82) is 0 Å². The minimum Gasteiger partial charge on any atom is -0.423 e. The molecule has 2 aliphatic rings. The van der Waals surface area contributed by atoms with Crippen LogP contribution < -0.4 is 4.74 Å². The van der Waals surface area contributed by atoms with Gasteiger partial charge in [-0.05, 0) is 68.3 Å². The quantitative estimate of drug-likeness (QED) is 0.0641. The number of ketones is 1. The molecule has 0 unspecified atom stereocenters. The predicted molar refractivity (Wildman–Crippen MR) is 155 cm³/mol. The highest BCUT2D eigenvalue weighted by molar-refractivity contribution is 6.10. The van der Waals surface area contributed by atoms with Crippen LogP contribution in [-0.4, -0.2) is 55.9 Å². The molecule has 0 saturated carbocycles. The number of Topliss-reactive ketones (excluding diaryl/α,β-unsaturated/α-hetero) is 1. The number of nitro groups is 2. The van der Waals surface area contributed by atoms with Crippen LogP contribution >= 0.6 is 0 Å². The Morgan fingerprint density at radius 2 is 1.31 bits per heavy atom. The lowest BCUT2D eigenvalue weighted by molar-refractivity contribution is -0.385. The Kier molecular flexibility index (Phi) is 8.30. The number of esters is 1. The molecule has 3 amide bonds. The van der Waals surface area contributed by atoms with Gasteiger partial charge in [0.05, 0.1) is 27.2 Å². The molecule has 5 rings (SSSR count). The SMILES string of the molecule is CC1=CC[C@@H]2C(=O)N(N(CC(=O)c3ccc(OC(=O)c4ccc([N+](=O)[O-])cc4)cc3)C(=O)c3ccc([N+](=O)[O-])cc3)C(=O)[C@@H]2C1. The zero-order valence-electron chi connectivity index (χ0n) is 23.7. The third-order valence-corrected chi connectivity index (χ3v) is 7.59. The van der Waals surface area contributed by atoms with E-state index in [1.165, 1.54) is 48.5 Å². The average Bonchev–Trinajstić information content (AvgIpc) is 3.27. The van der Waals surface area contributed by atoms with E-state index >= 15 is 0 Å². The molecule has 0 N–H and O–H groups in total. The summed E-state index contributed by atoms with van der Waals surface area (Å²) in [6, 6.07) is 14.7. The maximum Gasteiger partial charge on any atom is 0.343 e. The van der Waals surface area contributed by atoms with Gasteiger partial charge in [0.2, 0.25) is 0 Å². The van der Waals surface area contributed by atoms with E-state index in [4.69, 9.17) is 4.74 Å². The van der Waals surface area contributed by atoms with Gasteiger partial charge in [-0.25, -0.2) is 9.80 Å². The van der Waals surface area contributed by atoms with Crippen molar-refractivity contribution in [2.24, 2.45) is 11.8 Å². The monoisotopic (exact) mass is 612 g/mol. The Morgan fingerprint density at radius 3 is 1.87 bits per heavy atom. The molecule has 1 saturated heterocycles. The summed E-state index contributed by atoms with van der Waals surface area (Å²) in [5.41, 5.74) is 0.514. The van der Waals surface area contributed by atoms with Gasteiger partial charge in [0.15, 0.2) is 5.78 Å². The highest BCUT2D eigenvalue weighted by atomic mass is 16.6. The van der Waals surface area contributed by atoms with E-state index in [1.54, 1.807) is 0 Å². The molecule has 3 aromatic rings. The van der Waals surface area contributed by atoms with E-state index in [9.17, 15) is 44.2 Å². The Labute approximate surface area is 254 Å². The first kappa shape index (κ1) is 30.4. The van der Waals surface area contributed by atoms with Crippen LogP contribution in [0.4, 0.5) is 11.4 Å². The number of nitrogens with zero attached hydrogens (tertiary/aromatic N) is 4. The standard InChI is InChI=1S/C31H24N4O10/c1-18-2-15-25-26(16-18)30(39)33(29(25)38)32(28(37)20-3-9-22(10-4-20)34(41)42)17-27(36)19-7-13-24(14-8-19)45-31(40)21-5-11-23(12-6-21)35(43)44/h2-14,25-26H,15-17H2,1H3/t25-,26+/m0/s1.